The van der Waals surface area contributed by atoms with Crippen LogP contribution in [-0.2, 0) is 22.7 Å². The van der Waals surface area contributed by atoms with Crippen molar-refractivity contribution in [1.82, 2.24) is 10.2 Å². The first kappa shape index (κ1) is 12.7. The van der Waals surface area contributed by atoms with E-state index in [1.807, 2.05) is 12.1 Å². The van der Waals surface area contributed by atoms with Crippen LogP contribution < -0.4 is 5.32 Å². The molecule has 1 aliphatic heterocycles. The predicted octanol–water partition coefficient (Wildman–Crippen LogP) is 0.0258. The molecule has 1 saturated heterocycles. The van der Waals surface area contributed by atoms with E-state index in [1.165, 1.54) is 4.90 Å². The zero-order valence-electron chi connectivity index (χ0n) is 10.2. The van der Waals surface area contributed by atoms with Crippen LogP contribution in [0.3, 0.4) is 0 Å². The fourth-order valence-electron chi connectivity index (χ4n) is 1.88. The zero-order valence-corrected chi connectivity index (χ0v) is 10.2. The van der Waals surface area contributed by atoms with E-state index in [4.69, 9.17) is 5.11 Å². The highest BCUT2D eigenvalue weighted by Gasteiger charge is 2.30. The Morgan fingerprint density at radius 1 is 1.28 bits per heavy atom. The molecule has 1 atom stereocenters. The van der Waals surface area contributed by atoms with Crippen LogP contribution in [0.5, 0.6) is 0 Å². The Kier molecular flexibility index (Phi) is 3.74. The van der Waals surface area contributed by atoms with Crippen molar-refractivity contribution >= 4 is 11.8 Å². The van der Waals surface area contributed by atoms with E-state index in [-0.39, 0.29) is 37.6 Å². The summed E-state index contributed by atoms with van der Waals surface area (Å²) in [7, 11) is 0. The van der Waals surface area contributed by atoms with Crippen LogP contribution in [0, 0.1) is 0 Å². The molecule has 5 heteroatoms. The van der Waals surface area contributed by atoms with Gasteiger partial charge in [0.2, 0.25) is 11.8 Å². The third-order valence-electron chi connectivity index (χ3n) is 3.04. The van der Waals surface area contributed by atoms with Crippen LogP contribution in [-0.4, -0.2) is 34.4 Å². The van der Waals surface area contributed by atoms with Gasteiger partial charge in [-0.3, -0.25) is 19.8 Å². The first-order chi connectivity index (χ1) is 8.61. The molecule has 0 saturated carbocycles. The van der Waals surface area contributed by atoms with E-state index in [9.17, 15) is 9.59 Å². The predicted molar refractivity (Wildman–Crippen MR) is 65.4 cm³/mol. The van der Waals surface area contributed by atoms with Crippen molar-refractivity contribution in [3.05, 3.63) is 35.4 Å². The van der Waals surface area contributed by atoms with Crippen LogP contribution in [0.1, 0.15) is 18.1 Å². The summed E-state index contributed by atoms with van der Waals surface area (Å²) in [6.45, 7) is 2.22. The Labute approximate surface area is 105 Å². The number of aliphatic hydroxyl groups is 1. The number of amides is 2. The van der Waals surface area contributed by atoms with Crippen molar-refractivity contribution in [1.29, 1.82) is 0 Å². The molecule has 5 nitrogen and oxygen atoms in total. The highest BCUT2D eigenvalue weighted by atomic mass is 16.3. The number of imide groups is 1. The van der Waals surface area contributed by atoms with Gasteiger partial charge in [-0.25, -0.2) is 0 Å². The number of hydrogen-bond donors (Lipinski definition) is 2. The zero-order chi connectivity index (χ0) is 13.1. The van der Waals surface area contributed by atoms with Crippen LogP contribution in [0.4, 0.5) is 0 Å². The Morgan fingerprint density at radius 2 is 1.89 bits per heavy atom. The highest BCUT2D eigenvalue weighted by molar-refractivity contribution is 6.00. The minimum atomic E-state index is -0.320. The lowest BCUT2D eigenvalue weighted by Crippen LogP contribution is -2.56. The average molecular weight is 248 g/mol. The average Bonchev–Trinajstić information content (AvgIpc) is 2.40. The summed E-state index contributed by atoms with van der Waals surface area (Å²) in [4.78, 5) is 24.8. The molecule has 2 rings (SSSR count). The molecule has 1 fully saturated rings. The van der Waals surface area contributed by atoms with Crippen molar-refractivity contribution < 1.29 is 14.7 Å². The summed E-state index contributed by atoms with van der Waals surface area (Å²) in [5.74, 6) is -0.401. The van der Waals surface area contributed by atoms with Gasteiger partial charge in [-0.1, -0.05) is 24.3 Å². The molecule has 96 valence electrons. The molecule has 0 aromatic heterocycles. The first-order valence-electron chi connectivity index (χ1n) is 5.88. The summed E-state index contributed by atoms with van der Waals surface area (Å²) in [5, 5.41) is 11.8. The lowest BCUT2D eigenvalue weighted by molar-refractivity contribution is -0.149. The number of nitrogens with one attached hydrogen (secondary N) is 1. The summed E-state index contributed by atoms with van der Waals surface area (Å²) >= 11 is 0. The third kappa shape index (κ3) is 2.57. The fourth-order valence-corrected chi connectivity index (χ4v) is 1.88. The number of aliphatic hydroxyl groups excluding tert-OH is 1. The maximum Gasteiger partial charge on any atom is 0.246 e. The van der Waals surface area contributed by atoms with Gasteiger partial charge in [0.15, 0.2) is 0 Å². The van der Waals surface area contributed by atoms with Gasteiger partial charge in [0.05, 0.1) is 25.7 Å². The molecule has 2 N–H and O–H groups in total. The Bertz CT molecular complexity index is 456. The first-order valence-corrected chi connectivity index (χ1v) is 5.88. The van der Waals surface area contributed by atoms with Crippen LogP contribution in [0.2, 0.25) is 0 Å². The fraction of sp³-hybridized carbons (Fsp3) is 0.385. The molecular weight excluding hydrogens is 232 g/mol. The smallest absolute Gasteiger partial charge is 0.246 e. The molecular formula is C13H16N2O3. The van der Waals surface area contributed by atoms with E-state index in [1.54, 1.807) is 19.1 Å². The summed E-state index contributed by atoms with van der Waals surface area (Å²) < 4.78 is 0. The molecule has 0 aliphatic carbocycles. The van der Waals surface area contributed by atoms with Gasteiger partial charge in [-0.2, -0.15) is 0 Å². The monoisotopic (exact) mass is 248 g/mol. The summed E-state index contributed by atoms with van der Waals surface area (Å²) in [6.07, 6.45) is 0. The number of rotatable bonds is 3. The maximum atomic E-state index is 11.9. The highest BCUT2D eigenvalue weighted by Crippen LogP contribution is 2.11. The number of hydrogen-bond acceptors (Lipinski definition) is 4. The molecule has 0 spiro atoms. The second-order valence-electron chi connectivity index (χ2n) is 4.40. The summed E-state index contributed by atoms with van der Waals surface area (Å²) in [6, 6.07) is 6.89. The normalized spacial score (nSPS) is 20.3. The van der Waals surface area contributed by atoms with Gasteiger partial charge in [0, 0.05) is 0 Å². The van der Waals surface area contributed by atoms with Crippen LogP contribution in [0.25, 0.3) is 0 Å². The molecule has 1 heterocycles. The molecule has 0 bridgehead atoms. The van der Waals surface area contributed by atoms with E-state index >= 15 is 0 Å². The molecule has 1 aromatic rings. The number of benzene rings is 1. The molecule has 0 radical (unpaired) electrons. The Hall–Kier alpha value is -1.72. The minimum Gasteiger partial charge on any atom is -0.392 e. The van der Waals surface area contributed by atoms with Gasteiger partial charge in [-0.15, -0.1) is 0 Å². The van der Waals surface area contributed by atoms with Crippen molar-refractivity contribution in [2.75, 3.05) is 6.54 Å². The van der Waals surface area contributed by atoms with Gasteiger partial charge in [0.25, 0.3) is 0 Å². The van der Waals surface area contributed by atoms with Gasteiger partial charge >= 0.3 is 0 Å². The topological polar surface area (TPSA) is 69.6 Å². The minimum absolute atomic E-state index is 0.0111. The number of carbonyl (C=O) groups is 2. The lowest BCUT2D eigenvalue weighted by Gasteiger charge is -2.29. The second kappa shape index (κ2) is 5.29. The van der Waals surface area contributed by atoms with Gasteiger partial charge in [0.1, 0.15) is 0 Å². The largest absolute Gasteiger partial charge is 0.392 e. The van der Waals surface area contributed by atoms with Crippen molar-refractivity contribution in [3.63, 3.8) is 0 Å². The van der Waals surface area contributed by atoms with Gasteiger partial charge < -0.3 is 5.11 Å². The third-order valence-corrected chi connectivity index (χ3v) is 3.04. The second-order valence-corrected chi connectivity index (χ2v) is 4.40. The van der Waals surface area contributed by atoms with Crippen molar-refractivity contribution in [2.45, 2.75) is 26.1 Å². The summed E-state index contributed by atoms with van der Waals surface area (Å²) in [5.41, 5.74) is 1.69. The van der Waals surface area contributed by atoms with E-state index in [2.05, 4.69) is 5.32 Å². The SMILES string of the molecule is CC1NCC(=O)N(Cc2ccc(CO)cc2)C1=O. The number of carbonyl (C=O) groups excluding carboxylic acids is 2. The lowest BCUT2D eigenvalue weighted by atomic mass is 10.1. The van der Waals surface area contributed by atoms with Crippen LogP contribution >= 0.6 is 0 Å². The Balaban J connectivity index is 2.11. The quantitative estimate of drug-likeness (QED) is 0.740. The Morgan fingerprint density at radius 3 is 2.50 bits per heavy atom. The van der Waals surface area contributed by atoms with Gasteiger partial charge in [-0.05, 0) is 18.1 Å². The van der Waals surface area contributed by atoms with E-state index < -0.39 is 0 Å². The van der Waals surface area contributed by atoms with Crippen molar-refractivity contribution in [3.8, 4) is 0 Å². The molecule has 1 unspecified atom stereocenters. The number of piperazine rings is 1. The van der Waals surface area contributed by atoms with E-state index in [0.717, 1.165) is 11.1 Å². The van der Waals surface area contributed by atoms with Crippen LogP contribution in [0.15, 0.2) is 24.3 Å². The molecule has 2 amide bonds. The molecule has 1 aliphatic rings. The van der Waals surface area contributed by atoms with Crippen molar-refractivity contribution in [2.24, 2.45) is 0 Å². The maximum absolute atomic E-state index is 11.9. The molecule has 18 heavy (non-hydrogen) atoms. The standard InChI is InChI=1S/C13H16N2O3/c1-9-13(18)15(12(17)6-14-9)7-10-2-4-11(8-16)5-3-10/h2-5,9,14,16H,6-8H2,1H3. The number of nitrogens with zero attached hydrogens (tertiary/aromatic N) is 1. The van der Waals surface area contributed by atoms with E-state index in [0.29, 0.717) is 0 Å². The molecule has 1 aromatic carbocycles.